The van der Waals surface area contributed by atoms with Gasteiger partial charge in [-0.1, -0.05) is 19.3 Å². The van der Waals surface area contributed by atoms with E-state index >= 15 is 0 Å². The lowest BCUT2D eigenvalue weighted by atomic mass is 9.82. The Labute approximate surface area is 73.9 Å². The van der Waals surface area contributed by atoms with Crippen LogP contribution in [-0.4, -0.2) is 5.91 Å². The average Bonchev–Trinajstić information content (AvgIpc) is 1.75. The molecule has 1 fully saturated rings. The van der Waals surface area contributed by atoms with Crippen LogP contribution in [0, 0.1) is 5.92 Å². The van der Waals surface area contributed by atoms with Crippen LogP contribution in [0.25, 0.3) is 0 Å². The highest BCUT2D eigenvalue weighted by Crippen LogP contribution is 2.30. The third-order valence-corrected chi connectivity index (χ3v) is 2.26. The molecule has 0 unspecified atom stereocenters. The maximum absolute atomic E-state index is 10.3. The van der Waals surface area contributed by atoms with Gasteiger partial charge in [0.15, 0.2) is 0 Å². The van der Waals surface area contributed by atoms with Crippen LogP contribution in [-0.2, 0) is 4.79 Å². The van der Waals surface area contributed by atoms with Gasteiger partial charge in [-0.05, 0) is 18.8 Å². The number of carbonyl (C=O) groups excluding carboxylic acids is 1. The van der Waals surface area contributed by atoms with Crippen molar-refractivity contribution in [2.75, 3.05) is 0 Å². The number of hydrogen-bond acceptors (Lipinski definition) is 1. The summed E-state index contributed by atoms with van der Waals surface area (Å²) in [4.78, 5) is 10.3. The quantitative estimate of drug-likeness (QED) is 0.700. The molecule has 11 heavy (non-hydrogen) atoms. The second kappa shape index (κ2) is 5.42. The van der Waals surface area contributed by atoms with Gasteiger partial charge >= 0.3 is 0 Å². The van der Waals surface area contributed by atoms with Gasteiger partial charge < -0.3 is 5.73 Å². The first-order valence-electron chi connectivity index (χ1n) is 4.07. The minimum atomic E-state index is -0.153. The van der Waals surface area contributed by atoms with E-state index in [4.69, 9.17) is 5.73 Å². The lowest BCUT2D eigenvalue weighted by molar-refractivity contribution is -0.118. The molecule has 0 heterocycles. The van der Waals surface area contributed by atoms with Gasteiger partial charge in [0.25, 0.3) is 0 Å². The van der Waals surface area contributed by atoms with Gasteiger partial charge in [-0.15, -0.1) is 12.4 Å². The molecule has 0 atom stereocenters. The van der Waals surface area contributed by atoms with Crippen LogP contribution in [0.4, 0.5) is 0 Å². The van der Waals surface area contributed by atoms with Gasteiger partial charge in [-0.2, -0.15) is 0 Å². The molecule has 1 amide bonds. The molecule has 0 aliphatic heterocycles. The van der Waals surface area contributed by atoms with Crippen molar-refractivity contribution in [3.63, 3.8) is 0 Å². The minimum absolute atomic E-state index is 0. The molecular formula is C8H16ClNO. The molecule has 0 spiro atoms. The third-order valence-electron chi connectivity index (χ3n) is 2.26. The van der Waals surface area contributed by atoms with Crippen molar-refractivity contribution in [3.8, 4) is 0 Å². The van der Waals surface area contributed by atoms with Crippen LogP contribution >= 0.6 is 12.4 Å². The standard InChI is InChI=1S/C8H15NO.ClH/c9-8(10)6-2-5-7-3-1-4-7;/h7H,1-6H2,(H2,9,10);1H. The van der Waals surface area contributed by atoms with Crippen molar-refractivity contribution in [3.05, 3.63) is 0 Å². The van der Waals surface area contributed by atoms with Crippen molar-refractivity contribution in [1.29, 1.82) is 0 Å². The Bertz CT molecular complexity index is 123. The summed E-state index contributed by atoms with van der Waals surface area (Å²) in [6.07, 6.45) is 6.93. The number of halogens is 1. The first-order chi connectivity index (χ1) is 4.79. The van der Waals surface area contributed by atoms with Gasteiger partial charge in [0.1, 0.15) is 0 Å². The summed E-state index contributed by atoms with van der Waals surface area (Å²) < 4.78 is 0. The maximum atomic E-state index is 10.3. The predicted molar refractivity (Wildman–Crippen MR) is 47.6 cm³/mol. The Kier molecular flexibility index (Phi) is 5.30. The fraction of sp³-hybridized carbons (Fsp3) is 0.875. The van der Waals surface area contributed by atoms with Gasteiger partial charge in [0, 0.05) is 6.42 Å². The predicted octanol–water partition coefficient (Wildman–Crippen LogP) is 1.86. The van der Waals surface area contributed by atoms with E-state index in [-0.39, 0.29) is 18.3 Å². The van der Waals surface area contributed by atoms with E-state index in [1.807, 2.05) is 0 Å². The normalized spacial score (nSPS) is 16.7. The summed E-state index contributed by atoms with van der Waals surface area (Å²) in [6, 6.07) is 0. The van der Waals surface area contributed by atoms with Crippen LogP contribution < -0.4 is 5.73 Å². The van der Waals surface area contributed by atoms with Gasteiger partial charge in [-0.3, -0.25) is 4.79 Å². The van der Waals surface area contributed by atoms with Crippen molar-refractivity contribution in [2.45, 2.75) is 38.5 Å². The highest BCUT2D eigenvalue weighted by atomic mass is 35.5. The van der Waals surface area contributed by atoms with Crippen LogP contribution in [0.2, 0.25) is 0 Å². The Hall–Kier alpha value is -0.240. The molecule has 1 rings (SSSR count). The van der Waals surface area contributed by atoms with Crippen molar-refractivity contribution >= 4 is 18.3 Å². The second-order valence-corrected chi connectivity index (χ2v) is 3.16. The van der Waals surface area contributed by atoms with E-state index in [2.05, 4.69) is 0 Å². The summed E-state index contributed by atoms with van der Waals surface area (Å²) in [5.41, 5.74) is 5.00. The molecule has 0 aromatic rings. The lowest BCUT2D eigenvalue weighted by Gasteiger charge is -2.24. The smallest absolute Gasteiger partial charge is 0.217 e. The second-order valence-electron chi connectivity index (χ2n) is 3.16. The van der Waals surface area contributed by atoms with Crippen molar-refractivity contribution < 1.29 is 4.79 Å². The highest BCUT2D eigenvalue weighted by molar-refractivity contribution is 5.85. The molecule has 66 valence electrons. The van der Waals surface area contributed by atoms with Gasteiger partial charge in [0.2, 0.25) is 5.91 Å². The molecular weight excluding hydrogens is 162 g/mol. The summed E-state index contributed by atoms with van der Waals surface area (Å²) >= 11 is 0. The molecule has 3 heteroatoms. The lowest BCUT2D eigenvalue weighted by Crippen LogP contribution is -2.14. The number of amides is 1. The summed E-state index contributed by atoms with van der Waals surface area (Å²) in [5.74, 6) is 0.763. The summed E-state index contributed by atoms with van der Waals surface area (Å²) in [5, 5.41) is 0. The zero-order chi connectivity index (χ0) is 7.40. The highest BCUT2D eigenvalue weighted by Gasteiger charge is 2.16. The van der Waals surface area contributed by atoms with E-state index in [9.17, 15) is 4.79 Å². The number of carbonyl (C=O) groups is 1. The number of hydrogen-bond donors (Lipinski definition) is 1. The number of rotatable bonds is 4. The Morgan fingerprint density at radius 3 is 2.45 bits per heavy atom. The molecule has 1 aliphatic rings. The molecule has 2 nitrogen and oxygen atoms in total. The zero-order valence-electron chi connectivity index (χ0n) is 6.71. The van der Waals surface area contributed by atoms with Crippen LogP contribution in [0.3, 0.4) is 0 Å². The van der Waals surface area contributed by atoms with E-state index in [0.29, 0.717) is 6.42 Å². The summed E-state index contributed by atoms with van der Waals surface area (Å²) in [6.45, 7) is 0. The van der Waals surface area contributed by atoms with Gasteiger partial charge in [-0.25, -0.2) is 0 Å². The molecule has 0 aromatic carbocycles. The molecule has 0 radical (unpaired) electrons. The third kappa shape index (κ3) is 4.25. The average molecular weight is 178 g/mol. The molecule has 0 saturated heterocycles. The fourth-order valence-corrected chi connectivity index (χ4v) is 1.35. The van der Waals surface area contributed by atoms with E-state index in [1.54, 1.807) is 0 Å². The van der Waals surface area contributed by atoms with Crippen molar-refractivity contribution in [2.24, 2.45) is 11.7 Å². The summed E-state index contributed by atoms with van der Waals surface area (Å²) in [7, 11) is 0. The SMILES string of the molecule is Cl.NC(=O)CCCC1CCC1. The maximum Gasteiger partial charge on any atom is 0.217 e. The van der Waals surface area contributed by atoms with Crippen LogP contribution in [0.1, 0.15) is 38.5 Å². The van der Waals surface area contributed by atoms with E-state index in [1.165, 1.54) is 25.7 Å². The molecule has 1 aliphatic carbocycles. The Morgan fingerprint density at radius 1 is 1.45 bits per heavy atom. The first-order valence-corrected chi connectivity index (χ1v) is 4.07. The Balaban J connectivity index is 0.000001000. The number of nitrogens with two attached hydrogens (primary N) is 1. The van der Waals surface area contributed by atoms with Crippen LogP contribution in [0.15, 0.2) is 0 Å². The zero-order valence-corrected chi connectivity index (χ0v) is 7.53. The molecule has 0 bridgehead atoms. The monoisotopic (exact) mass is 177 g/mol. The first kappa shape index (κ1) is 10.8. The number of primary amides is 1. The minimum Gasteiger partial charge on any atom is -0.370 e. The molecule has 2 N–H and O–H groups in total. The largest absolute Gasteiger partial charge is 0.370 e. The topological polar surface area (TPSA) is 43.1 Å². The molecule has 1 saturated carbocycles. The Morgan fingerprint density at radius 2 is 2.09 bits per heavy atom. The molecule has 0 aromatic heterocycles. The fourth-order valence-electron chi connectivity index (χ4n) is 1.35. The van der Waals surface area contributed by atoms with E-state index in [0.717, 1.165) is 12.3 Å². The van der Waals surface area contributed by atoms with Gasteiger partial charge in [0.05, 0.1) is 0 Å². The van der Waals surface area contributed by atoms with Crippen molar-refractivity contribution in [1.82, 2.24) is 0 Å². The van der Waals surface area contributed by atoms with Crippen LogP contribution in [0.5, 0.6) is 0 Å². The van der Waals surface area contributed by atoms with E-state index < -0.39 is 0 Å².